The molecule has 1 atom stereocenters. The van der Waals surface area contributed by atoms with Gasteiger partial charge in [-0.1, -0.05) is 19.9 Å². The van der Waals surface area contributed by atoms with Crippen LogP contribution in [0.3, 0.4) is 0 Å². The SMILES string of the molecule is CCCN(C)C1Cc2cc3cc(-c4[nH]c(=O)c(C(=O)O)c(O)c4CC)ccc3n2C1. The molecule has 1 unspecified atom stereocenters. The van der Waals surface area contributed by atoms with E-state index in [0.717, 1.165) is 42.4 Å². The summed E-state index contributed by atoms with van der Waals surface area (Å²) in [7, 11) is 2.18. The summed E-state index contributed by atoms with van der Waals surface area (Å²) in [6.07, 6.45) is 2.54. The lowest BCUT2D eigenvalue weighted by Gasteiger charge is -2.23. The lowest BCUT2D eigenvalue weighted by Crippen LogP contribution is -2.33. The van der Waals surface area contributed by atoms with Crippen LogP contribution in [0.4, 0.5) is 0 Å². The van der Waals surface area contributed by atoms with Gasteiger partial charge in [0.2, 0.25) is 0 Å². The Morgan fingerprint density at radius 1 is 1.30 bits per heavy atom. The molecule has 158 valence electrons. The first-order chi connectivity index (χ1) is 14.3. The molecule has 1 aliphatic rings. The molecule has 0 fully saturated rings. The number of hydrogen-bond acceptors (Lipinski definition) is 4. The Morgan fingerprint density at radius 2 is 2.07 bits per heavy atom. The monoisotopic (exact) mass is 409 g/mol. The van der Waals surface area contributed by atoms with E-state index in [1.165, 1.54) is 5.69 Å². The van der Waals surface area contributed by atoms with Crippen LogP contribution >= 0.6 is 0 Å². The number of pyridine rings is 1. The summed E-state index contributed by atoms with van der Waals surface area (Å²) in [6.45, 7) is 6.06. The Kier molecular flexibility index (Phi) is 5.15. The predicted molar refractivity (Wildman–Crippen MR) is 116 cm³/mol. The number of hydrogen-bond donors (Lipinski definition) is 3. The van der Waals surface area contributed by atoms with Gasteiger partial charge in [-0.05, 0) is 50.2 Å². The summed E-state index contributed by atoms with van der Waals surface area (Å²) in [5.41, 5.74) is 2.69. The van der Waals surface area contributed by atoms with Gasteiger partial charge in [-0.2, -0.15) is 0 Å². The fourth-order valence-electron chi connectivity index (χ4n) is 4.63. The van der Waals surface area contributed by atoms with E-state index in [9.17, 15) is 19.8 Å². The molecule has 0 saturated heterocycles. The first-order valence-electron chi connectivity index (χ1n) is 10.4. The minimum atomic E-state index is -1.43. The smallest absolute Gasteiger partial charge is 0.345 e. The van der Waals surface area contributed by atoms with Gasteiger partial charge in [-0.3, -0.25) is 4.79 Å². The van der Waals surface area contributed by atoms with Crippen LogP contribution in [0.5, 0.6) is 5.75 Å². The Bertz CT molecular complexity index is 1190. The van der Waals surface area contributed by atoms with Gasteiger partial charge in [0.1, 0.15) is 5.75 Å². The largest absolute Gasteiger partial charge is 0.506 e. The van der Waals surface area contributed by atoms with E-state index in [0.29, 0.717) is 23.7 Å². The van der Waals surface area contributed by atoms with Crippen molar-refractivity contribution in [3.8, 4) is 17.0 Å². The molecule has 7 heteroatoms. The lowest BCUT2D eigenvalue weighted by atomic mass is 9.99. The van der Waals surface area contributed by atoms with Crippen molar-refractivity contribution in [3.05, 3.63) is 51.4 Å². The number of benzene rings is 1. The van der Waals surface area contributed by atoms with Crippen LogP contribution < -0.4 is 5.56 Å². The van der Waals surface area contributed by atoms with Crippen LogP contribution in [0.1, 0.15) is 41.9 Å². The molecule has 0 spiro atoms. The highest BCUT2D eigenvalue weighted by atomic mass is 16.4. The number of carbonyl (C=O) groups is 1. The normalized spacial score (nSPS) is 15.8. The lowest BCUT2D eigenvalue weighted by molar-refractivity contribution is 0.0691. The van der Waals surface area contributed by atoms with Crippen LogP contribution in [0.25, 0.3) is 22.2 Å². The number of carboxylic acid groups (broad SMARTS) is 1. The highest BCUT2D eigenvalue weighted by molar-refractivity contribution is 5.92. The Hall–Kier alpha value is -3.06. The van der Waals surface area contributed by atoms with Crippen molar-refractivity contribution in [2.75, 3.05) is 13.6 Å². The average Bonchev–Trinajstić information content (AvgIpc) is 3.25. The molecule has 3 heterocycles. The molecule has 3 aromatic rings. The number of nitrogens with zero attached hydrogens (tertiary/aromatic N) is 2. The van der Waals surface area contributed by atoms with Crippen molar-refractivity contribution in [1.29, 1.82) is 0 Å². The predicted octanol–water partition coefficient (Wildman–Crippen LogP) is 3.23. The second-order valence-electron chi connectivity index (χ2n) is 8.05. The van der Waals surface area contributed by atoms with Gasteiger partial charge in [-0.25, -0.2) is 4.79 Å². The minimum Gasteiger partial charge on any atom is -0.506 e. The van der Waals surface area contributed by atoms with Crippen LogP contribution in [-0.2, 0) is 19.4 Å². The summed E-state index contributed by atoms with van der Waals surface area (Å²) in [6, 6.07) is 8.65. The van der Waals surface area contributed by atoms with Crippen molar-refractivity contribution < 1.29 is 15.0 Å². The number of rotatable bonds is 6. The van der Waals surface area contributed by atoms with Crippen LogP contribution in [-0.4, -0.2) is 50.3 Å². The number of aromatic nitrogens is 2. The molecule has 0 amide bonds. The van der Waals surface area contributed by atoms with Gasteiger partial charge in [0, 0.05) is 41.2 Å². The zero-order valence-corrected chi connectivity index (χ0v) is 17.5. The summed E-state index contributed by atoms with van der Waals surface area (Å²) in [5.74, 6) is -1.89. The number of aromatic carboxylic acids is 1. The number of likely N-dealkylation sites (N-methyl/N-ethyl adjacent to an activating group) is 1. The molecule has 1 aromatic carbocycles. The van der Waals surface area contributed by atoms with E-state index in [4.69, 9.17) is 0 Å². The number of fused-ring (bicyclic) bond motifs is 3. The number of aromatic hydroxyl groups is 1. The van der Waals surface area contributed by atoms with Crippen molar-refractivity contribution in [2.24, 2.45) is 0 Å². The molecule has 3 N–H and O–H groups in total. The summed E-state index contributed by atoms with van der Waals surface area (Å²) < 4.78 is 2.35. The van der Waals surface area contributed by atoms with E-state index in [1.54, 1.807) is 0 Å². The average molecular weight is 409 g/mol. The molecule has 1 aliphatic heterocycles. The van der Waals surface area contributed by atoms with E-state index >= 15 is 0 Å². The molecule has 2 aromatic heterocycles. The first-order valence-corrected chi connectivity index (χ1v) is 10.4. The van der Waals surface area contributed by atoms with Gasteiger partial charge < -0.3 is 24.7 Å². The maximum absolute atomic E-state index is 12.3. The molecular weight excluding hydrogens is 382 g/mol. The molecular formula is C23H27N3O4. The van der Waals surface area contributed by atoms with E-state index in [1.807, 2.05) is 25.1 Å². The van der Waals surface area contributed by atoms with Crippen LogP contribution in [0.2, 0.25) is 0 Å². The molecule has 0 radical (unpaired) electrons. The molecule has 7 nitrogen and oxygen atoms in total. The first kappa shape index (κ1) is 20.2. The zero-order valence-electron chi connectivity index (χ0n) is 17.5. The van der Waals surface area contributed by atoms with Gasteiger partial charge in [0.05, 0.1) is 5.69 Å². The molecule has 4 rings (SSSR count). The molecule has 0 saturated carbocycles. The van der Waals surface area contributed by atoms with E-state index in [-0.39, 0.29) is 0 Å². The topological polar surface area (TPSA) is 98.6 Å². The quantitative estimate of drug-likeness (QED) is 0.581. The van der Waals surface area contributed by atoms with Crippen molar-refractivity contribution in [1.82, 2.24) is 14.5 Å². The van der Waals surface area contributed by atoms with Gasteiger partial charge in [0.15, 0.2) is 5.56 Å². The second kappa shape index (κ2) is 7.65. The zero-order chi connectivity index (χ0) is 21.6. The van der Waals surface area contributed by atoms with Gasteiger partial charge in [-0.15, -0.1) is 0 Å². The van der Waals surface area contributed by atoms with Crippen LogP contribution in [0, 0.1) is 0 Å². The third-order valence-corrected chi connectivity index (χ3v) is 6.17. The van der Waals surface area contributed by atoms with Crippen molar-refractivity contribution >= 4 is 16.9 Å². The van der Waals surface area contributed by atoms with Gasteiger partial charge in [0.25, 0.3) is 5.56 Å². The van der Waals surface area contributed by atoms with Crippen molar-refractivity contribution in [2.45, 2.75) is 45.7 Å². The minimum absolute atomic E-state index is 0.397. The Labute approximate surface area is 174 Å². The summed E-state index contributed by atoms with van der Waals surface area (Å²) >= 11 is 0. The maximum Gasteiger partial charge on any atom is 0.345 e. The second-order valence-corrected chi connectivity index (χ2v) is 8.05. The number of nitrogens with one attached hydrogen (secondary N) is 1. The van der Waals surface area contributed by atoms with Crippen molar-refractivity contribution in [3.63, 3.8) is 0 Å². The number of H-pyrrole nitrogens is 1. The third-order valence-electron chi connectivity index (χ3n) is 6.17. The van der Waals surface area contributed by atoms with Gasteiger partial charge >= 0.3 is 5.97 Å². The Balaban J connectivity index is 1.75. The molecule has 0 aliphatic carbocycles. The van der Waals surface area contributed by atoms with Crippen LogP contribution in [0.15, 0.2) is 29.1 Å². The highest BCUT2D eigenvalue weighted by Gasteiger charge is 2.27. The Morgan fingerprint density at radius 3 is 2.73 bits per heavy atom. The molecule has 30 heavy (non-hydrogen) atoms. The number of aromatic amines is 1. The van der Waals surface area contributed by atoms with E-state index < -0.39 is 22.8 Å². The standard InChI is InChI=1S/C23H27N3O4/c1-4-8-25(3)16-11-15-10-14-9-13(6-7-18(14)26(15)12-16)20-17(5-2)21(27)19(23(29)30)22(28)24-20/h6-7,9-10,16H,4-5,8,11-12H2,1-3H3,(H,29,30)(H2,24,27,28). The van der Waals surface area contributed by atoms with E-state index in [2.05, 4.69) is 34.5 Å². The third kappa shape index (κ3) is 3.19. The number of carboxylic acids is 1. The summed E-state index contributed by atoms with van der Waals surface area (Å²) in [5, 5.41) is 20.7. The fourth-order valence-corrected chi connectivity index (χ4v) is 4.63. The summed E-state index contributed by atoms with van der Waals surface area (Å²) in [4.78, 5) is 28.7. The molecule has 0 bridgehead atoms. The fraction of sp³-hybridized carbons (Fsp3) is 0.391. The maximum atomic E-state index is 12.3. The highest BCUT2D eigenvalue weighted by Crippen LogP contribution is 2.34.